The first-order valence-corrected chi connectivity index (χ1v) is 6.96. The number of nitrogens with two attached hydrogens (primary N) is 1. The zero-order valence-electron chi connectivity index (χ0n) is 12.0. The number of aromatic nitrogens is 1. The lowest BCUT2D eigenvalue weighted by atomic mass is 10.0. The van der Waals surface area contributed by atoms with Crippen molar-refractivity contribution in [2.75, 3.05) is 6.54 Å². The van der Waals surface area contributed by atoms with Crippen LogP contribution < -0.4 is 11.1 Å². The molecular weight excluding hydrogens is 250 g/mol. The molecule has 1 atom stereocenters. The average Bonchev–Trinajstić information content (AvgIpc) is 2.45. The Morgan fingerprint density at radius 3 is 2.85 bits per heavy atom. The summed E-state index contributed by atoms with van der Waals surface area (Å²) in [5.74, 6) is 0.427. The molecule has 1 unspecified atom stereocenters. The van der Waals surface area contributed by atoms with Gasteiger partial charge in [0.1, 0.15) is 0 Å². The van der Waals surface area contributed by atoms with Crippen LogP contribution >= 0.6 is 0 Å². The van der Waals surface area contributed by atoms with E-state index in [9.17, 15) is 4.79 Å². The topological polar surface area (TPSA) is 68.0 Å². The number of carbonyl (C=O) groups excluding carboxylic acids is 1. The normalized spacial score (nSPS) is 12.6. The Morgan fingerprint density at radius 2 is 2.15 bits per heavy atom. The van der Waals surface area contributed by atoms with Gasteiger partial charge in [-0.05, 0) is 36.6 Å². The maximum absolute atomic E-state index is 12.3. The van der Waals surface area contributed by atoms with E-state index in [2.05, 4.69) is 24.1 Å². The average molecular weight is 271 g/mol. The predicted molar refractivity (Wildman–Crippen MR) is 81.5 cm³/mol. The number of carbonyl (C=O) groups is 1. The standard InChI is InChI=1S/C16H21N3O/c1-11(2)8-14(10-17)19-16(20)13-5-6-15-12(9-13)4-3-7-18-15/h3-7,9,11,14H,8,10,17H2,1-2H3,(H,19,20). The maximum Gasteiger partial charge on any atom is 0.251 e. The molecule has 1 amide bonds. The van der Waals surface area contributed by atoms with Crippen LogP contribution in [0, 0.1) is 5.92 Å². The molecule has 4 nitrogen and oxygen atoms in total. The van der Waals surface area contributed by atoms with Crippen molar-refractivity contribution >= 4 is 16.8 Å². The van der Waals surface area contributed by atoms with Gasteiger partial charge in [0.05, 0.1) is 5.52 Å². The first-order chi connectivity index (χ1) is 9.60. The zero-order chi connectivity index (χ0) is 14.5. The highest BCUT2D eigenvalue weighted by molar-refractivity contribution is 5.98. The van der Waals surface area contributed by atoms with Crippen molar-refractivity contribution in [3.8, 4) is 0 Å². The van der Waals surface area contributed by atoms with Crippen LogP contribution in [0.2, 0.25) is 0 Å². The number of benzene rings is 1. The molecule has 2 aromatic rings. The number of pyridine rings is 1. The van der Waals surface area contributed by atoms with E-state index in [1.165, 1.54) is 0 Å². The number of hydrogen-bond acceptors (Lipinski definition) is 3. The number of amides is 1. The summed E-state index contributed by atoms with van der Waals surface area (Å²) in [7, 11) is 0. The van der Waals surface area contributed by atoms with Crippen LogP contribution in [0.3, 0.4) is 0 Å². The lowest BCUT2D eigenvalue weighted by molar-refractivity contribution is 0.0934. The third kappa shape index (κ3) is 3.54. The van der Waals surface area contributed by atoms with E-state index in [1.807, 2.05) is 24.3 Å². The van der Waals surface area contributed by atoms with Crippen LogP contribution in [0.5, 0.6) is 0 Å². The zero-order valence-corrected chi connectivity index (χ0v) is 12.0. The molecular formula is C16H21N3O. The minimum atomic E-state index is -0.0770. The van der Waals surface area contributed by atoms with Crippen molar-refractivity contribution in [2.45, 2.75) is 26.3 Å². The van der Waals surface area contributed by atoms with Gasteiger partial charge < -0.3 is 11.1 Å². The van der Waals surface area contributed by atoms with Gasteiger partial charge in [0.25, 0.3) is 5.91 Å². The van der Waals surface area contributed by atoms with Gasteiger partial charge in [0.15, 0.2) is 0 Å². The lowest BCUT2D eigenvalue weighted by Gasteiger charge is -2.18. The summed E-state index contributed by atoms with van der Waals surface area (Å²) in [6.07, 6.45) is 2.63. The number of hydrogen-bond donors (Lipinski definition) is 2. The fourth-order valence-corrected chi connectivity index (χ4v) is 2.27. The van der Waals surface area contributed by atoms with Gasteiger partial charge in [-0.25, -0.2) is 0 Å². The molecule has 0 spiro atoms. The van der Waals surface area contributed by atoms with Crippen molar-refractivity contribution in [2.24, 2.45) is 11.7 Å². The van der Waals surface area contributed by atoms with Crippen molar-refractivity contribution in [1.82, 2.24) is 10.3 Å². The second-order valence-electron chi connectivity index (χ2n) is 5.45. The van der Waals surface area contributed by atoms with E-state index < -0.39 is 0 Å². The molecule has 0 aliphatic carbocycles. The van der Waals surface area contributed by atoms with E-state index >= 15 is 0 Å². The van der Waals surface area contributed by atoms with Crippen LogP contribution in [0.1, 0.15) is 30.6 Å². The molecule has 106 valence electrons. The number of fused-ring (bicyclic) bond motifs is 1. The second-order valence-corrected chi connectivity index (χ2v) is 5.45. The summed E-state index contributed by atoms with van der Waals surface area (Å²) in [5, 5.41) is 3.96. The minimum absolute atomic E-state index is 0.0205. The van der Waals surface area contributed by atoms with Gasteiger partial charge in [0, 0.05) is 29.7 Å². The number of rotatable bonds is 5. The molecule has 0 saturated carbocycles. The molecule has 1 aromatic heterocycles. The number of nitrogens with one attached hydrogen (secondary N) is 1. The molecule has 0 bridgehead atoms. The maximum atomic E-state index is 12.3. The molecule has 0 aliphatic rings. The first-order valence-electron chi connectivity index (χ1n) is 6.96. The van der Waals surface area contributed by atoms with E-state index in [4.69, 9.17) is 5.73 Å². The molecule has 2 rings (SSSR count). The predicted octanol–water partition coefficient (Wildman–Crippen LogP) is 2.34. The minimum Gasteiger partial charge on any atom is -0.348 e. The summed E-state index contributed by atoms with van der Waals surface area (Å²) in [4.78, 5) is 16.5. The molecule has 0 aliphatic heterocycles. The summed E-state index contributed by atoms with van der Waals surface area (Å²) in [5.41, 5.74) is 7.25. The lowest BCUT2D eigenvalue weighted by Crippen LogP contribution is -2.41. The quantitative estimate of drug-likeness (QED) is 0.877. The van der Waals surface area contributed by atoms with Crippen LogP contribution in [0.15, 0.2) is 36.5 Å². The fraction of sp³-hybridized carbons (Fsp3) is 0.375. The molecule has 20 heavy (non-hydrogen) atoms. The van der Waals surface area contributed by atoms with Crippen molar-refractivity contribution in [1.29, 1.82) is 0 Å². The van der Waals surface area contributed by atoms with E-state index in [1.54, 1.807) is 12.3 Å². The van der Waals surface area contributed by atoms with Crippen molar-refractivity contribution < 1.29 is 4.79 Å². The number of nitrogens with zero attached hydrogens (tertiary/aromatic N) is 1. The van der Waals surface area contributed by atoms with Crippen LogP contribution in [0.4, 0.5) is 0 Å². The van der Waals surface area contributed by atoms with Crippen LogP contribution in [-0.2, 0) is 0 Å². The molecule has 0 radical (unpaired) electrons. The van der Waals surface area contributed by atoms with Gasteiger partial charge >= 0.3 is 0 Å². The van der Waals surface area contributed by atoms with Crippen LogP contribution in [0.25, 0.3) is 10.9 Å². The molecule has 0 fully saturated rings. The van der Waals surface area contributed by atoms with E-state index in [-0.39, 0.29) is 11.9 Å². The SMILES string of the molecule is CC(C)CC(CN)NC(=O)c1ccc2ncccc2c1. The van der Waals surface area contributed by atoms with E-state index in [0.717, 1.165) is 17.3 Å². The molecule has 1 heterocycles. The summed E-state index contributed by atoms with van der Waals surface area (Å²) >= 11 is 0. The Labute approximate surface area is 119 Å². The molecule has 1 aromatic carbocycles. The van der Waals surface area contributed by atoms with Gasteiger partial charge in [-0.3, -0.25) is 9.78 Å². The smallest absolute Gasteiger partial charge is 0.251 e. The highest BCUT2D eigenvalue weighted by Gasteiger charge is 2.14. The largest absolute Gasteiger partial charge is 0.348 e. The van der Waals surface area contributed by atoms with Gasteiger partial charge in [-0.1, -0.05) is 19.9 Å². The summed E-state index contributed by atoms with van der Waals surface area (Å²) in [6.45, 7) is 4.70. The third-order valence-electron chi connectivity index (χ3n) is 3.24. The first kappa shape index (κ1) is 14.5. The molecule has 0 saturated heterocycles. The summed E-state index contributed by atoms with van der Waals surface area (Å²) < 4.78 is 0. The molecule has 4 heteroatoms. The molecule has 3 N–H and O–H groups in total. The fourth-order valence-electron chi connectivity index (χ4n) is 2.27. The Morgan fingerprint density at radius 1 is 1.35 bits per heavy atom. The van der Waals surface area contributed by atoms with Crippen LogP contribution in [-0.4, -0.2) is 23.5 Å². The second kappa shape index (κ2) is 6.48. The highest BCUT2D eigenvalue weighted by atomic mass is 16.1. The van der Waals surface area contributed by atoms with Gasteiger partial charge in [-0.15, -0.1) is 0 Å². The van der Waals surface area contributed by atoms with Crippen molar-refractivity contribution in [3.63, 3.8) is 0 Å². The van der Waals surface area contributed by atoms with Gasteiger partial charge in [0.2, 0.25) is 0 Å². The monoisotopic (exact) mass is 271 g/mol. The Bertz CT molecular complexity index is 595. The van der Waals surface area contributed by atoms with Crippen molar-refractivity contribution in [3.05, 3.63) is 42.1 Å². The Hall–Kier alpha value is -1.94. The Balaban J connectivity index is 2.14. The highest BCUT2D eigenvalue weighted by Crippen LogP contribution is 2.14. The summed E-state index contributed by atoms with van der Waals surface area (Å²) in [6, 6.07) is 9.37. The van der Waals surface area contributed by atoms with Gasteiger partial charge in [-0.2, -0.15) is 0 Å². The third-order valence-corrected chi connectivity index (χ3v) is 3.24. The Kier molecular flexibility index (Phi) is 4.69. The van der Waals surface area contributed by atoms with E-state index in [0.29, 0.717) is 18.0 Å².